The number of nitrogens with zero attached hydrogens (tertiary/aromatic N) is 4. The quantitative estimate of drug-likeness (QED) is 0.613. The van der Waals surface area contributed by atoms with E-state index in [2.05, 4.69) is 9.88 Å². The molecular weight excluding hydrogens is 358 g/mol. The smallest absolute Gasteiger partial charge is 0.275 e. The monoisotopic (exact) mass is 378 g/mol. The number of aliphatic hydroxyl groups excluding tert-OH is 1. The van der Waals surface area contributed by atoms with Gasteiger partial charge in [-0.2, -0.15) is 0 Å². The zero-order valence-corrected chi connectivity index (χ0v) is 14.6. The van der Waals surface area contributed by atoms with E-state index in [1.165, 1.54) is 0 Å². The Balaban J connectivity index is 1.61. The summed E-state index contributed by atoms with van der Waals surface area (Å²) in [6, 6.07) is 5.35. The summed E-state index contributed by atoms with van der Waals surface area (Å²) in [5.41, 5.74) is 1.05. The fourth-order valence-electron chi connectivity index (χ4n) is 3.16. The molecule has 1 aromatic heterocycles. The Morgan fingerprint density at radius 3 is 2.33 bits per heavy atom. The highest BCUT2D eigenvalue weighted by atomic mass is 19.1. The fraction of sp³-hybridized carbons (Fsp3) is 0.389. The van der Waals surface area contributed by atoms with Crippen molar-refractivity contribution in [3.63, 3.8) is 0 Å². The molecule has 1 aromatic carbocycles. The van der Waals surface area contributed by atoms with Crippen molar-refractivity contribution in [3.8, 4) is 0 Å². The number of aliphatic hydroxyl groups is 1. The van der Waals surface area contributed by atoms with Gasteiger partial charge in [-0.15, -0.1) is 0 Å². The maximum absolute atomic E-state index is 14.2. The number of non-ortho nitro benzene ring substituents is 1. The zero-order valence-electron chi connectivity index (χ0n) is 14.6. The molecule has 1 aliphatic rings. The number of benzene rings is 1. The zero-order chi connectivity index (χ0) is 19.4. The molecule has 0 saturated carbocycles. The molecule has 0 amide bonds. The molecule has 1 aliphatic heterocycles. The molecule has 0 aliphatic carbocycles. The van der Waals surface area contributed by atoms with Crippen molar-refractivity contribution in [3.05, 3.63) is 63.5 Å². The Morgan fingerprint density at radius 2 is 1.81 bits per heavy atom. The lowest BCUT2D eigenvalue weighted by Gasteiger charge is -2.36. The van der Waals surface area contributed by atoms with E-state index in [1.54, 1.807) is 11.1 Å². The van der Waals surface area contributed by atoms with E-state index >= 15 is 0 Å². The van der Waals surface area contributed by atoms with Crippen LogP contribution in [0.1, 0.15) is 11.3 Å². The van der Waals surface area contributed by atoms with Gasteiger partial charge < -0.3 is 10.0 Å². The van der Waals surface area contributed by atoms with E-state index in [9.17, 15) is 18.9 Å². The molecule has 2 heterocycles. The predicted octanol–water partition coefficient (Wildman–Crippen LogP) is 2.12. The number of anilines is 1. The third kappa shape index (κ3) is 4.55. The van der Waals surface area contributed by atoms with Crippen LogP contribution < -0.4 is 4.90 Å². The van der Waals surface area contributed by atoms with Gasteiger partial charge in [-0.1, -0.05) is 6.07 Å². The summed E-state index contributed by atoms with van der Waals surface area (Å²) >= 11 is 0. The Hall–Kier alpha value is -2.65. The van der Waals surface area contributed by atoms with E-state index in [-0.39, 0.29) is 12.3 Å². The van der Waals surface area contributed by atoms with Gasteiger partial charge in [-0.05, 0) is 11.6 Å². The van der Waals surface area contributed by atoms with Crippen LogP contribution in [0.15, 0.2) is 30.5 Å². The molecule has 1 saturated heterocycles. The lowest BCUT2D eigenvalue weighted by atomic mass is 10.2. The van der Waals surface area contributed by atoms with Crippen LogP contribution in [0.2, 0.25) is 0 Å². The number of hydrogen-bond donors (Lipinski definition) is 1. The Labute approximate surface area is 155 Å². The third-order valence-corrected chi connectivity index (χ3v) is 4.56. The van der Waals surface area contributed by atoms with E-state index in [0.717, 1.165) is 23.4 Å². The molecule has 144 valence electrons. The minimum absolute atomic E-state index is 0.0596. The molecular formula is C18H20F2N4O3. The molecule has 2 aromatic rings. The number of nitro benzene ring substituents is 1. The second kappa shape index (κ2) is 8.36. The Bertz CT molecular complexity index is 786. The second-order valence-corrected chi connectivity index (χ2v) is 6.41. The van der Waals surface area contributed by atoms with E-state index in [4.69, 9.17) is 5.11 Å². The molecule has 0 bridgehead atoms. The van der Waals surface area contributed by atoms with Gasteiger partial charge >= 0.3 is 0 Å². The summed E-state index contributed by atoms with van der Waals surface area (Å²) in [4.78, 5) is 17.9. The first-order chi connectivity index (χ1) is 13.0. The summed E-state index contributed by atoms with van der Waals surface area (Å²) in [6.45, 7) is 2.78. The van der Waals surface area contributed by atoms with E-state index < -0.39 is 22.2 Å². The van der Waals surface area contributed by atoms with E-state index in [1.807, 2.05) is 12.1 Å². The van der Waals surface area contributed by atoms with Crippen LogP contribution in [0.5, 0.6) is 0 Å². The lowest BCUT2D eigenvalue weighted by Crippen LogP contribution is -2.46. The standard InChI is InChI=1S/C18H20F2N4O3/c19-16-9-15(24(26)27)10-17(20)18(16)23-6-4-22(5-7-23)12-13-1-2-14(3-8-25)21-11-13/h1-2,9-11,25H,3-8,12H2. The second-order valence-electron chi connectivity index (χ2n) is 6.41. The first-order valence-corrected chi connectivity index (χ1v) is 8.63. The van der Waals surface area contributed by atoms with Crippen molar-refractivity contribution in [1.82, 2.24) is 9.88 Å². The number of rotatable bonds is 6. The van der Waals surface area contributed by atoms with Crippen LogP contribution in [0.4, 0.5) is 20.2 Å². The number of pyridine rings is 1. The van der Waals surface area contributed by atoms with Crippen LogP contribution in [-0.4, -0.2) is 52.7 Å². The number of halogens is 2. The number of hydrogen-bond acceptors (Lipinski definition) is 6. The molecule has 1 fully saturated rings. The largest absolute Gasteiger partial charge is 0.396 e. The minimum Gasteiger partial charge on any atom is -0.396 e. The predicted molar refractivity (Wildman–Crippen MR) is 95.5 cm³/mol. The maximum Gasteiger partial charge on any atom is 0.275 e. The van der Waals surface area contributed by atoms with Gasteiger partial charge in [0.05, 0.1) is 17.1 Å². The van der Waals surface area contributed by atoms with Crippen molar-refractivity contribution in [2.75, 3.05) is 37.7 Å². The summed E-state index contributed by atoms with van der Waals surface area (Å²) in [5.74, 6) is -1.84. The average molecular weight is 378 g/mol. The molecule has 0 atom stereocenters. The molecule has 27 heavy (non-hydrogen) atoms. The SMILES string of the molecule is O=[N+]([O-])c1cc(F)c(N2CCN(Cc3ccc(CCO)nc3)CC2)c(F)c1. The van der Waals surface area contributed by atoms with Gasteiger partial charge in [0.1, 0.15) is 5.69 Å². The first-order valence-electron chi connectivity index (χ1n) is 8.63. The summed E-state index contributed by atoms with van der Waals surface area (Å²) in [5, 5.41) is 19.6. The topological polar surface area (TPSA) is 82.7 Å². The summed E-state index contributed by atoms with van der Waals surface area (Å²) in [7, 11) is 0. The van der Waals surface area contributed by atoms with Crippen LogP contribution in [0.3, 0.4) is 0 Å². The van der Waals surface area contributed by atoms with Gasteiger partial charge in [0.25, 0.3) is 5.69 Å². The van der Waals surface area contributed by atoms with Crippen LogP contribution in [0.25, 0.3) is 0 Å². The van der Waals surface area contributed by atoms with Gasteiger partial charge in [0, 0.05) is 57.6 Å². The number of aromatic nitrogens is 1. The Kier molecular flexibility index (Phi) is 5.92. The summed E-state index contributed by atoms with van der Waals surface area (Å²) in [6.07, 6.45) is 2.29. The Morgan fingerprint density at radius 1 is 1.15 bits per heavy atom. The van der Waals surface area contributed by atoms with E-state index in [0.29, 0.717) is 39.1 Å². The molecule has 1 N–H and O–H groups in total. The van der Waals surface area contributed by atoms with Gasteiger partial charge in [-0.3, -0.25) is 20.0 Å². The highest BCUT2D eigenvalue weighted by molar-refractivity contribution is 5.54. The third-order valence-electron chi connectivity index (χ3n) is 4.56. The first kappa shape index (κ1) is 19.1. The molecule has 0 radical (unpaired) electrons. The van der Waals surface area contributed by atoms with Crippen molar-refractivity contribution in [2.45, 2.75) is 13.0 Å². The van der Waals surface area contributed by atoms with Crippen molar-refractivity contribution >= 4 is 11.4 Å². The lowest BCUT2D eigenvalue weighted by molar-refractivity contribution is -0.385. The minimum atomic E-state index is -0.918. The molecule has 9 heteroatoms. The van der Waals surface area contributed by atoms with Gasteiger partial charge in [0.2, 0.25) is 0 Å². The summed E-state index contributed by atoms with van der Waals surface area (Å²) < 4.78 is 28.3. The van der Waals surface area contributed by atoms with Crippen molar-refractivity contribution in [1.29, 1.82) is 0 Å². The van der Waals surface area contributed by atoms with Crippen LogP contribution in [-0.2, 0) is 13.0 Å². The molecule has 7 nitrogen and oxygen atoms in total. The molecule has 0 unspecified atom stereocenters. The number of piperazine rings is 1. The van der Waals surface area contributed by atoms with Gasteiger partial charge in [-0.25, -0.2) is 8.78 Å². The highest BCUT2D eigenvalue weighted by Crippen LogP contribution is 2.29. The van der Waals surface area contributed by atoms with Crippen molar-refractivity contribution < 1.29 is 18.8 Å². The van der Waals surface area contributed by atoms with Crippen LogP contribution in [0, 0.1) is 21.7 Å². The maximum atomic E-state index is 14.2. The normalized spacial score (nSPS) is 15.1. The van der Waals surface area contributed by atoms with Crippen LogP contribution >= 0.6 is 0 Å². The molecule has 0 spiro atoms. The van der Waals surface area contributed by atoms with Gasteiger partial charge in [0.15, 0.2) is 11.6 Å². The number of nitro groups is 1. The average Bonchev–Trinajstić information content (AvgIpc) is 2.64. The fourth-order valence-corrected chi connectivity index (χ4v) is 3.16. The van der Waals surface area contributed by atoms with Crippen molar-refractivity contribution in [2.24, 2.45) is 0 Å². The molecule has 3 rings (SSSR count). The highest BCUT2D eigenvalue weighted by Gasteiger charge is 2.25.